The summed E-state index contributed by atoms with van der Waals surface area (Å²) in [6.07, 6.45) is -8.06. The van der Waals surface area contributed by atoms with Crippen molar-refractivity contribution in [3.05, 3.63) is 76.3 Å². The Morgan fingerprint density at radius 1 is 1.12 bits per heavy atom. The van der Waals surface area contributed by atoms with Gasteiger partial charge in [-0.3, -0.25) is 18.9 Å². The zero-order valence-corrected chi connectivity index (χ0v) is 23.4. The number of halogens is 2. The van der Waals surface area contributed by atoms with E-state index in [9.17, 15) is 23.8 Å². The number of hydrogen-bond donors (Lipinski definition) is 4. The zero-order chi connectivity index (χ0) is 29.5. The van der Waals surface area contributed by atoms with Crippen LogP contribution in [0.25, 0.3) is 11.2 Å². The minimum atomic E-state index is -3.87. The molecule has 0 amide bonds. The molecule has 4 aromatic rings. The van der Waals surface area contributed by atoms with Gasteiger partial charge < -0.3 is 29.7 Å². The number of fused-ring (bicyclic) bond motifs is 1. The second kappa shape index (κ2) is 11.1. The molecule has 2 aromatic heterocycles. The van der Waals surface area contributed by atoms with Crippen LogP contribution in [0.15, 0.2) is 59.7 Å². The highest BCUT2D eigenvalue weighted by Crippen LogP contribution is 2.52. The van der Waals surface area contributed by atoms with E-state index in [1.54, 1.807) is 48.5 Å². The van der Waals surface area contributed by atoms with Crippen molar-refractivity contribution >= 4 is 35.6 Å². The number of ether oxygens (including phenoxy) is 1. The van der Waals surface area contributed by atoms with E-state index >= 15 is 0 Å². The number of anilines is 1. The smallest absolute Gasteiger partial charge is 0.416 e. The third-order valence-electron chi connectivity index (χ3n) is 6.48. The number of benzene rings is 2. The van der Waals surface area contributed by atoms with Gasteiger partial charge in [0, 0.05) is 11.8 Å². The van der Waals surface area contributed by atoms with Crippen LogP contribution in [0.3, 0.4) is 0 Å². The molecular weight excluding hydrogens is 583 g/mol. The average molecular weight is 610 g/mol. The molecule has 0 spiro atoms. The van der Waals surface area contributed by atoms with Crippen molar-refractivity contribution in [2.24, 2.45) is 0 Å². The second-order valence-electron chi connectivity index (χ2n) is 9.50. The topological polar surface area (TPSA) is 167 Å². The number of aromatic nitrogens is 4. The number of rotatable bonds is 9. The molecule has 1 fully saturated rings. The highest BCUT2D eigenvalue weighted by atomic mass is 32.5. The lowest BCUT2D eigenvalue weighted by Crippen LogP contribution is -2.52. The Bertz CT molecular complexity index is 1600. The van der Waals surface area contributed by atoms with Crippen molar-refractivity contribution in [2.45, 2.75) is 44.3 Å². The fourth-order valence-corrected chi connectivity index (χ4v) is 6.17. The molecule has 5 N–H and O–H groups in total. The summed E-state index contributed by atoms with van der Waals surface area (Å²) in [5.41, 5.74) is 3.69. The summed E-state index contributed by atoms with van der Waals surface area (Å²) >= 11 is 5.59. The van der Waals surface area contributed by atoms with Crippen LogP contribution in [0.4, 0.5) is 14.7 Å². The molecule has 1 aliphatic heterocycles. The van der Waals surface area contributed by atoms with Gasteiger partial charge in [-0.15, -0.1) is 0 Å². The van der Waals surface area contributed by atoms with Crippen LogP contribution in [0.1, 0.15) is 17.4 Å². The first-order chi connectivity index (χ1) is 19.4. The number of hydrogen-bond acceptors (Lipinski definition) is 11. The summed E-state index contributed by atoms with van der Waals surface area (Å²) in [5, 5.41) is 21.7. The Balaban J connectivity index is 1.46. The van der Waals surface area contributed by atoms with Crippen LogP contribution in [0, 0.1) is 13.8 Å². The Morgan fingerprint density at radius 2 is 1.68 bits per heavy atom. The highest BCUT2D eigenvalue weighted by Gasteiger charge is 2.61. The number of aliphatic hydroxyl groups excluding tert-OH is 2. The lowest BCUT2D eigenvalue weighted by molar-refractivity contribution is -0.191. The number of nitrogen functional groups attached to an aromatic ring is 1. The first-order valence-corrected chi connectivity index (χ1v) is 14.8. The summed E-state index contributed by atoms with van der Waals surface area (Å²) in [6.45, 7) is -1.16. The molecule has 3 heterocycles. The Hall–Kier alpha value is -3.46. The lowest BCUT2D eigenvalue weighted by Gasteiger charge is -2.33. The molecule has 0 saturated carbocycles. The first kappa shape index (κ1) is 29.0. The van der Waals surface area contributed by atoms with E-state index in [-0.39, 0.29) is 28.6 Å². The van der Waals surface area contributed by atoms with Crippen molar-refractivity contribution in [3.63, 3.8) is 0 Å². The minimum Gasteiger partial charge on any atom is -0.416 e. The lowest BCUT2D eigenvalue weighted by atomic mass is 9.96. The van der Waals surface area contributed by atoms with E-state index in [1.165, 1.54) is 0 Å². The quantitative estimate of drug-likeness (QED) is 0.206. The number of imidazole rings is 1. The molecule has 218 valence electrons. The number of nitrogens with one attached hydrogen (secondary N) is 1. The largest absolute Gasteiger partial charge is 0.435 e. The fourth-order valence-electron chi connectivity index (χ4n) is 4.23. The Kier molecular flexibility index (Phi) is 7.85. The number of aryl methyl sites for hydroxylation is 2. The van der Waals surface area contributed by atoms with Gasteiger partial charge in [-0.25, -0.2) is 13.8 Å². The third-order valence-corrected chi connectivity index (χ3v) is 8.55. The van der Waals surface area contributed by atoms with Crippen molar-refractivity contribution in [1.29, 1.82) is 0 Å². The molecule has 1 saturated heterocycles. The summed E-state index contributed by atoms with van der Waals surface area (Å²) in [7, 11) is 0. The predicted octanol–water partition coefficient (Wildman–Crippen LogP) is 2.97. The molecule has 0 aliphatic carbocycles. The van der Waals surface area contributed by atoms with E-state index < -0.39 is 49.3 Å². The first-order valence-electron chi connectivity index (χ1n) is 12.2. The fraction of sp³-hybridized carbons (Fsp3) is 0.320. The van der Waals surface area contributed by atoms with E-state index in [2.05, 4.69) is 15.0 Å². The molecule has 5 rings (SSSR count). The molecule has 0 bridgehead atoms. The predicted molar refractivity (Wildman–Crippen MR) is 147 cm³/mol. The number of aromatic amines is 1. The van der Waals surface area contributed by atoms with Gasteiger partial charge in [0.05, 0.1) is 12.9 Å². The van der Waals surface area contributed by atoms with Crippen molar-refractivity contribution in [1.82, 2.24) is 19.5 Å². The standard InChI is InChI=1S/C25H26F2N5O7PS/c1-13-3-7-15(8-4-13)38-40(41,39-16-9-5-14(2)6-10-16)36-11-25(23(26)27)19(34)18(33)22(37-25)32-12-29-17-20(32)30-24(28)31-21(17)35/h3-10,12,18-19,22-23,33-34H,11H2,1-2H3,(H3,28,30,31,35)/t18-,19+,22-,25-/m1/s1. The van der Waals surface area contributed by atoms with Crippen molar-refractivity contribution < 1.29 is 37.3 Å². The van der Waals surface area contributed by atoms with Crippen LogP contribution in [-0.2, 0) is 21.1 Å². The summed E-state index contributed by atoms with van der Waals surface area (Å²) in [6, 6.07) is 13.5. The molecule has 41 heavy (non-hydrogen) atoms. The molecule has 16 heteroatoms. The highest BCUT2D eigenvalue weighted by molar-refractivity contribution is 8.07. The molecule has 0 radical (unpaired) electrons. The van der Waals surface area contributed by atoms with Gasteiger partial charge in [-0.05, 0) is 38.1 Å². The van der Waals surface area contributed by atoms with Gasteiger partial charge in [0.15, 0.2) is 23.0 Å². The monoisotopic (exact) mass is 609 g/mol. The maximum Gasteiger partial charge on any atom is 0.435 e. The van der Waals surface area contributed by atoms with Crippen LogP contribution in [-0.4, -0.2) is 60.6 Å². The SMILES string of the molecule is Cc1ccc(OP(=S)(OC[C@@]2(C(F)F)O[C@@H](n3cnc4c(=O)[nH]c(N)nc43)[C@H](O)[C@@H]2O)Oc2ccc(C)cc2)cc1. The molecular formula is C25H26F2N5O7PS. The number of alkyl halides is 2. The molecule has 0 unspecified atom stereocenters. The summed E-state index contributed by atoms with van der Waals surface area (Å²) in [5.74, 6) is 0.256. The van der Waals surface area contributed by atoms with Gasteiger partial charge in [0.2, 0.25) is 5.95 Å². The maximum atomic E-state index is 14.7. The van der Waals surface area contributed by atoms with Gasteiger partial charge in [-0.1, -0.05) is 35.4 Å². The summed E-state index contributed by atoms with van der Waals surface area (Å²) < 4.78 is 53.5. The number of nitrogens with two attached hydrogens (primary N) is 1. The molecule has 2 aromatic carbocycles. The number of nitrogens with zero attached hydrogens (tertiary/aromatic N) is 3. The normalized spacial score (nSPS) is 22.9. The average Bonchev–Trinajstić information content (AvgIpc) is 3.45. The zero-order valence-electron chi connectivity index (χ0n) is 21.7. The van der Waals surface area contributed by atoms with Crippen molar-refractivity contribution in [3.8, 4) is 11.5 Å². The Labute approximate surface area is 236 Å². The van der Waals surface area contributed by atoms with Crippen LogP contribution < -0.4 is 20.3 Å². The van der Waals surface area contributed by atoms with Crippen LogP contribution in [0.2, 0.25) is 0 Å². The molecule has 12 nitrogen and oxygen atoms in total. The van der Waals surface area contributed by atoms with Gasteiger partial charge in [0.25, 0.3) is 12.0 Å². The summed E-state index contributed by atoms with van der Waals surface area (Å²) in [4.78, 5) is 22.3. The van der Waals surface area contributed by atoms with E-state index in [0.29, 0.717) is 0 Å². The minimum absolute atomic E-state index is 0.149. The van der Waals surface area contributed by atoms with Crippen LogP contribution in [0.5, 0.6) is 11.5 Å². The van der Waals surface area contributed by atoms with Gasteiger partial charge >= 0.3 is 6.72 Å². The van der Waals surface area contributed by atoms with Gasteiger partial charge in [-0.2, -0.15) is 4.98 Å². The maximum absolute atomic E-state index is 14.7. The number of aliphatic hydroxyl groups is 2. The Morgan fingerprint density at radius 3 is 2.22 bits per heavy atom. The second-order valence-corrected chi connectivity index (χ2v) is 12.4. The number of H-pyrrole nitrogens is 1. The van der Waals surface area contributed by atoms with E-state index in [4.69, 9.17) is 35.8 Å². The third kappa shape index (κ3) is 5.69. The molecule has 4 atom stereocenters. The molecule has 1 aliphatic rings. The van der Waals surface area contributed by atoms with Gasteiger partial charge in [0.1, 0.15) is 23.7 Å². The van der Waals surface area contributed by atoms with Crippen LogP contribution >= 0.6 is 6.72 Å². The van der Waals surface area contributed by atoms with E-state index in [1.807, 2.05) is 13.8 Å². The van der Waals surface area contributed by atoms with Crippen molar-refractivity contribution in [2.75, 3.05) is 12.3 Å². The van der Waals surface area contributed by atoms with E-state index in [0.717, 1.165) is 22.0 Å².